The van der Waals surface area contributed by atoms with Gasteiger partial charge in [-0.1, -0.05) is 13.8 Å². The van der Waals surface area contributed by atoms with Crippen molar-refractivity contribution >= 4 is 11.9 Å². The molecular weight excluding hydrogens is 320 g/mol. The minimum atomic E-state index is -0.633. The van der Waals surface area contributed by atoms with E-state index in [0.717, 1.165) is 0 Å². The molecule has 0 rings (SSSR count). The Morgan fingerprint density at radius 3 is 1.33 bits per heavy atom. The van der Waals surface area contributed by atoms with Gasteiger partial charge in [0.15, 0.2) is 0 Å². The van der Waals surface area contributed by atoms with Gasteiger partial charge < -0.3 is 9.47 Å². The molecular formula is C16H30O8. The van der Waals surface area contributed by atoms with Crippen LogP contribution in [0.1, 0.15) is 54.4 Å². The number of hydrogen-bond acceptors (Lipinski definition) is 8. The zero-order valence-corrected chi connectivity index (χ0v) is 15.5. The molecule has 142 valence electrons. The molecule has 0 aliphatic heterocycles. The lowest BCUT2D eigenvalue weighted by Gasteiger charge is -2.20. The lowest BCUT2D eigenvalue weighted by molar-refractivity contribution is -0.327. The summed E-state index contributed by atoms with van der Waals surface area (Å²) in [6.07, 6.45) is 1.40. The molecule has 0 bridgehead atoms. The standard InChI is InChI=1S/C16H30O8/c1-7-15(3,4)23-21-13(17)11-19-9-10-20-12-14(18)22-24-16(5,6)8-2/h7-12H2,1-6H3. The van der Waals surface area contributed by atoms with Crippen molar-refractivity contribution < 1.29 is 38.6 Å². The highest BCUT2D eigenvalue weighted by molar-refractivity contribution is 5.70. The van der Waals surface area contributed by atoms with Gasteiger partial charge >= 0.3 is 11.9 Å². The minimum absolute atomic E-state index is 0.126. The Labute approximate surface area is 143 Å². The second-order valence-electron chi connectivity index (χ2n) is 6.41. The van der Waals surface area contributed by atoms with Crippen molar-refractivity contribution in [1.29, 1.82) is 0 Å². The Balaban J connectivity index is 3.60. The zero-order valence-electron chi connectivity index (χ0n) is 15.5. The molecule has 24 heavy (non-hydrogen) atoms. The fourth-order valence-electron chi connectivity index (χ4n) is 0.913. The van der Waals surface area contributed by atoms with Crippen molar-refractivity contribution in [3.8, 4) is 0 Å². The zero-order chi connectivity index (χ0) is 18.6. The first-order valence-corrected chi connectivity index (χ1v) is 8.04. The van der Waals surface area contributed by atoms with E-state index in [9.17, 15) is 9.59 Å². The Kier molecular flexibility index (Phi) is 10.8. The second kappa shape index (κ2) is 11.4. The highest BCUT2D eigenvalue weighted by atomic mass is 17.2. The molecule has 0 aliphatic carbocycles. The summed E-state index contributed by atoms with van der Waals surface area (Å²) in [5.74, 6) is -1.27. The van der Waals surface area contributed by atoms with Gasteiger partial charge in [-0.15, -0.1) is 0 Å². The summed E-state index contributed by atoms with van der Waals surface area (Å²) in [6, 6.07) is 0. The van der Waals surface area contributed by atoms with E-state index in [1.165, 1.54) is 0 Å². The summed E-state index contributed by atoms with van der Waals surface area (Å²) in [6.45, 7) is 10.8. The fraction of sp³-hybridized carbons (Fsp3) is 0.875. The van der Waals surface area contributed by atoms with E-state index in [4.69, 9.17) is 19.2 Å². The highest BCUT2D eigenvalue weighted by Crippen LogP contribution is 2.14. The summed E-state index contributed by atoms with van der Waals surface area (Å²) in [4.78, 5) is 41.9. The number of rotatable bonds is 13. The average molecular weight is 350 g/mol. The lowest BCUT2D eigenvalue weighted by atomic mass is 10.1. The van der Waals surface area contributed by atoms with Gasteiger partial charge in [-0.2, -0.15) is 9.78 Å². The average Bonchev–Trinajstić information content (AvgIpc) is 2.54. The van der Waals surface area contributed by atoms with Crippen molar-refractivity contribution in [2.45, 2.75) is 65.6 Å². The third kappa shape index (κ3) is 12.2. The molecule has 0 saturated heterocycles. The molecule has 8 nitrogen and oxygen atoms in total. The van der Waals surface area contributed by atoms with Crippen molar-refractivity contribution in [3.05, 3.63) is 0 Å². The van der Waals surface area contributed by atoms with Crippen LogP contribution >= 0.6 is 0 Å². The van der Waals surface area contributed by atoms with Gasteiger partial charge in [-0.3, -0.25) is 9.78 Å². The van der Waals surface area contributed by atoms with E-state index in [2.05, 4.69) is 9.78 Å². The number of carbonyl (C=O) groups excluding carboxylic acids is 2. The third-order valence-electron chi connectivity index (χ3n) is 3.24. The van der Waals surface area contributed by atoms with Crippen LogP contribution in [0.5, 0.6) is 0 Å². The molecule has 0 atom stereocenters. The molecule has 0 unspecified atom stereocenters. The highest BCUT2D eigenvalue weighted by Gasteiger charge is 2.20. The number of hydrogen-bond donors (Lipinski definition) is 0. The molecule has 0 radical (unpaired) electrons. The monoisotopic (exact) mass is 350 g/mol. The van der Waals surface area contributed by atoms with Crippen molar-refractivity contribution in [3.63, 3.8) is 0 Å². The molecule has 0 aromatic rings. The largest absolute Gasteiger partial charge is 0.367 e. The molecule has 0 amide bonds. The maximum Gasteiger partial charge on any atom is 0.367 e. The summed E-state index contributed by atoms with van der Waals surface area (Å²) in [7, 11) is 0. The van der Waals surface area contributed by atoms with Gasteiger partial charge in [0.1, 0.15) is 24.4 Å². The molecule has 0 aromatic heterocycles. The molecule has 0 saturated carbocycles. The quantitative estimate of drug-likeness (QED) is 0.284. The molecule has 8 heteroatoms. The molecule has 0 aromatic carbocycles. The summed E-state index contributed by atoms with van der Waals surface area (Å²) < 4.78 is 10.1. The molecule has 0 spiro atoms. The summed E-state index contributed by atoms with van der Waals surface area (Å²) >= 11 is 0. The van der Waals surface area contributed by atoms with Crippen LogP contribution in [-0.2, 0) is 38.6 Å². The van der Waals surface area contributed by atoms with Crippen molar-refractivity contribution in [2.24, 2.45) is 0 Å². The first-order chi connectivity index (χ1) is 11.1. The van der Waals surface area contributed by atoms with Gasteiger partial charge in [-0.25, -0.2) is 9.59 Å². The Morgan fingerprint density at radius 2 is 1.04 bits per heavy atom. The summed E-state index contributed by atoms with van der Waals surface area (Å²) in [5.41, 5.74) is -1.07. The predicted octanol–water partition coefficient (Wildman–Crippen LogP) is 2.35. The van der Waals surface area contributed by atoms with Crippen molar-refractivity contribution in [1.82, 2.24) is 0 Å². The van der Waals surface area contributed by atoms with E-state index >= 15 is 0 Å². The topological polar surface area (TPSA) is 89.5 Å². The fourth-order valence-corrected chi connectivity index (χ4v) is 0.913. The number of ether oxygens (including phenoxy) is 2. The van der Waals surface area contributed by atoms with Crippen LogP contribution in [0.15, 0.2) is 0 Å². The molecule has 0 heterocycles. The van der Waals surface area contributed by atoms with Gasteiger partial charge in [0.05, 0.1) is 13.2 Å². The Morgan fingerprint density at radius 1 is 0.708 bits per heavy atom. The number of carbonyl (C=O) groups is 2. The van der Waals surface area contributed by atoms with Crippen molar-refractivity contribution in [2.75, 3.05) is 26.4 Å². The van der Waals surface area contributed by atoms with E-state index in [0.29, 0.717) is 12.8 Å². The lowest BCUT2D eigenvalue weighted by Crippen LogP contribution is -2.27. The normalized spacial score (nSPS) is 12.1. The van der Waals surface area contributed by atoms with Gasteiger partial charge in [-0.05, 0) is 40.5 Å². The van der Waals surface area contributed by atoms with Crippen LogP contribution in [0.3, 0.4) is 0 Å². The van der Waals surface area contributed by atoms with E-state index in [1.54, 1.807) is 27.7 Å². The first kappa shape index (κ1) is 22.8. The predicted molar refractivity (Wildman–Crippen MR) is 84.7 cm³/mol. The van der Waals surface area contributed by atoms with Gasteiger partial charge in [0, 0.05) is 0 Å². The first-order valence-electron chi connectivity index (χ1n) is 8.04. The van der Waals surface area contributed by atoms with Gasteiger partial charge in [0.2, 0.25) is 0 Å². The van der Waals surface area contributed by atoms with Crippen LogP contribution in [0.2, 0.25) is 0 Å². The van der Waals surface area contributed by atoms with Gasteiger partial charge in [0.25, 0.3) is 0 Å². The molecule has 0 fully saturated rings. The van der Waals surface area contributed by atoms with E-state index in [1.807, 2.05) is 13.8 Å². The van der Waals surface area contributed by atoms with Crippen LogP contribution in [-0.4, -0.2) is 49.6 Å². The SMILES string of the molecule is CCC(C)(C)OOC(=O)COCCOCC(=O)OOC(C)(C)CC. The smallest absolute Gasteiger partial charge is 0.367 e. The molecule has 0 aliphatic rings. The van der Waals surface area contributed by atoms with Crippen LogP contribution in [0.4, 0.5) is 0 Å². The summed E-state index contributed by atoms with van der Waals surface area (Å²) in [5, 5.41) is 0. The maximum atomic E-state index is 11.4. The van der Waals surface area contributed by atoms with E-state index in [-0.39, 0.29) is 26.4 Å². The third-order valence-corrected chi connectivity index (χ3v) is 3.24. The Hall–Kier alpha value is -1.22. The van der Waals surface area contributed by atoms with Crippen LogP contribution in [0.25, 0.3) is 0 Å². The Bertz CT molecular complexity index is 342. The molecule has 0 N–H and O–H groups in total. The van der Waals surface area contributed by atoms with Crippen LogP contribution in [0, 0.1) is 0 Å². The van der Waals surface area contributed by atoms with E-state index < -0.39 is 23.1 Å². The minimum Gasteiger partial charge on any atom is -0.367 e. The maximum absolute atomic E-state index is 11.4. The van der Waals surface area contributed by atoms with Crippen LogP contribution < -0.4 is 0 Å². The second-order valence-corrected chi connectivity index (χ2v) is 6.41.